The Morgan fingerprint density at radius 2 is 1.95 bits per heavy atom. The third-order valence-electron chi connectivity index (χ3n) is 10.3. The summed E-state index contributed by atoms with van der Waals surface area (Å²) in [5, 5.41) is 4.99. The number of aromatic nitrogens is 2. The number of halogens is 1. The smallest absolute Gasteiger partial charge is 0.123 e. The first-order valence-corrected chi connectivity index (χ1v) is 15.2. The summed E-state index contributed by atoms with van der Waals surface area (Å²) in [5.74, 6) is 1.37. The highest BCUT2D eigenvalue weighted by Crippen LogP contribution is 2.48. The maximum Gasteiger partial charge on any atom is 0.123 e. The minimum absolute atomic E-state index is 0.111. The van der Waals surface area contributed by atoms with Crippen LogP contribution < -0.4 is 0 Å². The van der Waals surface area contributed by atoms with Crippen molar-refractivity contribution in [1.82, 2.24) is 19.6 Å². The van der Waals surface area contributed by atoms with Crippen molar-refractivity contribution in [1.29, 1.82) is 0 Å². The number of hydrogen-bond donors (Lipinski definition) is 0. The standard InChI is InChI=1S/C33H49FN4/c1-7-30-28-13-14-33(32(28)38(9-3)35-30)15-17-37(18-16-33)22-25-20-27(36(6)31(8-2)23(4)5)21-29(25)24-11-10-12-26(34)19-24/h8,10-12,19,23,25,27,29,31H,2,7,9,13-18,20-22H2,1,3-6H3/t25-,27-,29-,31+/m1/s1. The lowest BCUT2D eigenvalue weighted by molar-refractivity contribution is 0.126. The number of fused-ring (bicyclic) bond motifs is 2. The Morgan fingerprint density at radius 3 is 2.58 bits per heavy atom. The van der Waals surface area contributed by atoms with Crippen LogP contribution in [-0.2, 0) is 24.8 Å². The largest absolute Gasteiger partial charge is 0.303 e. The Bertz CT molecular complexity index is 1110. The van der Waals surface area contributed by atoms with Gasteiger partial charge in [-0.2, -0.15) is 5.10 Å². The predicted molar refractivity (Wildman–Crippen MR) is 155 cm³/mol. The molecule has 1 spiro atoms. The molecule has 0 radical (unpaired) electrons. The minimum Gasteiger partial charge on any atom is -0.303 e. The minimum atomic E-state index is -0.111. The van der Waals surface area contributed by atoms with Gasteiger partial charge in [-0.05, 0) is 113 Å². The molecule has 5 heteroatoms. The molecule has 0 bridgehead atoms. The van der Waals surface area contributed by atoms with E-state index in [1.807, 2.05) is 6.07 Å². The van der Waals surface area contributed by atoms with Gasteiger partial charge in [0.1, 0.15) is 5.82 Å². The first kappa shape index (κ1) is 27.6. The molecule has 0 unspecified atom stereocenters. The van der Waals surface area contributed by atoms with Gasteiger partial charge in [-0.3, -0.25) is 9.58 Å². The Labute approximate surface area is 230 Å². The molecule has 3 aliphatic rings. The fourth-order valence-electron chi connectivity index (χ4n) is 8.31. The lowest BCUT2D eigenvalue weighted by Gasteiger charge is -2.41. The lowest BCUT2D eigenvalue weighted by Crippen LogP contribution is -2.44. The Morgan fingerprint density at radius 1 is 1.18 bits per heavy atom. The Kier molecular flexibility index (Phi) is 8.17. The number of hydrogen-bond acceptors (Lipinski definition) is 3. The monoisotopic (exact) mass is 520 g/mol. The summed E-state index contributed by atoms with van der Waals surface area (Å²) in [7, 11) is 2.27. The van der Waals surface area contributed by atoms with Crippen LogP contribution in [0.1, 0.15) is 88.2 Å². The second-order valence-corrected chi connectivity index (χ2v) is 12.7. The van der Waals surface area contributed by atoms with Crippen LogP contribution in [0.5, 0.6) is 0 Å². The molecular weight excluding hydrogens is 471 g/mol. The third kappa shape index (κ3) is 5.01. The van der Waals surface area contributed by atoms with Crippen molar-refractivity contribution >= 4 is 0 Å². The van der Waals surface area contributed by atoms with Crippen LogP contribution in [-0.4, -0.2) is 58.3 Å². The molecule has 1 aromatic carbocycles. The van der Waals surface area contributed by atoms with E-state index in [0.717, 1.165) is 39.0 Å². The number of likely N-dealkylation sites (tertiary alicyclic amines) is 1. The van der Waals surface area contributed by atoms with Crippen LogP contribution in [0.15, 0.2) is 36.9 Å². The van der Waals surface area contributed by atoms with Crippen LogP contribution in [0.4, 0.5) is 4.39 Å². The third-order valence-corrected chi connectivity index (χ3v) is 10.3. The number of nitrogens with zero attached hydrogens (tertiary/aromatic N) is 4. The highest BCUT2D eigenvalue weighted by Gasteiger charge is 2.46. The molecule has 5 rings (SSSR count). The molecule has 2 aromatic rings. The van der Waals surface area contributed by atoms with Gasteiger partial charge >= 0.3 is 0 Å². The molecule has 4 nitrogen and oxygen atoms in total. The summed E-state index contributed by atoms with van der Waals surface area (Å²) in [5.41, 5.74) is 5.97. The molecular formula is C33H49FN4. The SMILES string of the molecule is C=C[C@@H](C(C)C)N(C)[C@@H]1C[C@H](CN2CCC3(CCc4c(CC)nn(CC)c43)CC2)[C@@H](c2cccc(F)c2)C1. The quantitative estimate of drug-likeness (QED) is 0.349. The summed E-state index contributed by atoms with van der Waals surface area (Å²) < 4.78 is 16.6. The van der Waals surface area contributed by atoms with E-state index in [2.05, 4.69) is 67.9 Å². The van der Waals surface area contributed by atoms with Crippen molar-refractivity contribution in [3.63, 3.8) is 0 Å². The molecule has 38 heavy (non-hydrogen) atoms. The van der Waals surface area contributed by atoms with Gasteiger partial charge in [-0.1, -0.05) is 39.0 Å². The van der Waals surface area contributed by atoms with E-state index in [1.54, 1.807) is 23.4 Å². The van der Waals surface area contributed by atoms with Gasteiger partial charge < -0.3 is 4.90 Å². The second-order valence-electron chi connectivity index (χ2n) is 12.7. The van der Waals surface area contributed by atoms with Crippen molar-refractivity contribution < 1.29 is 4.39 Å². The fourth-order valence-corrected chi connectivity index (χ4v) is 8.31. The van der Waals surface area contributed by atoms with Crippen LogP contribution in [0.3, 0.4) is 0 Å². The van der Waals surface area contributed by atoms with Gasteiger partial charge in [-0.15, -0.1) is 6.58 Å². The second kappa shape index (κ2) is 11.3. The molecule has 1 saturated carbocycles. The zero-order valence-electron chi connectivity index (χ0n) is 24.4. The Balaban J connectivity index is 1.31. The fraction of sp³-hybridized carbons (Fsp3) is 0.667. The summed E-state index contributed by atoms with van der Waals surface area (Å²) in [4.78, 5) is 5.27. The summed E-state index contributed by atoms with van der Waals surface area (Å²) in [6, 6.07) is 8.28. The number of rotatable bonds is 9. The predicted octanol–water partition coefficient (Wildman–Crippen LogP) is 6.59. The van der Waals surface area contributed by atoms with E-state index >= 15 is 0 Å². The molecule has 0 N–H and O–H groups in total. The van der Waals surface area contributed by atoms with Crippen LogP contribution in [0, 0.1) is 17.7 Å². The molecule has 1 aromatic heterocycles. The highest BCUT2D eigenvalue weighted by molar-refractivity contribution is 5.39. The molecule has 2 fully saturated rings. The van der Waals surface area contributed by atoms with Gasteiger partial charge in [-0.25, -0.2) is 4.39 Å². The van der Waals surface area contributed by atoms with Gasteiger partial charge in [0.05, 0.1) is 5.69 Å². The number of likely N-dealkylation sites (N-methyl/N-ethyl adjacent to an activating group) is 1. The van der Waals surface area contributed by atoms with E-state index in [-0.39, 0.29) is 5.82 Å². The van der Waals surface area contributed by atoms with Crippen molar-refractivity contribution in [2.45, 2.75) is 103 Å². The molecule has 208 valence electrons. The molecule has 0 amide bonds. The molecule has 4 atom stereocenters. The van der Waals surface area contributed by atoms with Gasteiger partial charge in [0, 0.05) is 36.3 Å². The topological polar surface area (TPSA) is 24.3 Å². The average molecular weight is 521 g/mol. The Hall–Kier alpha value is -1.98. The highest BCUT2D eigenvalue weighted by atomic mass is 19.1. The summed E-state index contributed by atoms with van der Waals surface area (Å²) in [6.45, 7) is 17.6. The molecule has 2 aliphatic carbocycles. The summed E-state index contributed by atoms with van der Waals surface area (Å²) in [6.07, 6.45) is 10.4. The zero-order valence-corrected chi connectivity index (χ0v) is 24.4. The van der Waals surface area contributed by atoms with E-state index in [9.17, 15) is 4.39 Å². The van der Waals surface area contributed by atoms with Crippen molar-refractivity contribution in [3.05, 3.63) is 65.3 Å². The van der Waals surface area contributed by atoms with Gasteiger partial charge in [0.25, 0.3) is 0 Å². The maximum absolute atomic E-state index is 14.3. The van der Waals surface area contributed by atoms with Gasteiger partial charge in [0.15, 0.2) is 0 Å². The van der Waals surface area contributed by atoms with E-state index < -0.39 is 0 Å². The maximum atomic E-state index is 14.3. The number of piperidine rings is 1. The molecule has 2 heterocycles. The van der Waals surface area contributed by atoms with E-state index in [0.29, 0.717) is 35.3 Å². The van der Waals surface area contributed by atoms with E-state index in [4.69, 9.17) is 5.10 Å². The van der Waals surface area contributed by atoms with Crippen LogP contribution in [0.25, 0.3) is 0 Å². The first-order valence-electron chi connectivity index (χ1n) is 15.2. The van der Waals surface area contributed by atoms with Gasteiger partial charge in [0.2, 0.25) is 0 Å². The number of benzene rings is 1. The average Bonchev–Trinajstić information content (AvgIpc) is 3.60. The first-order chi connectivity index (χ1) is 18.3. The van der Waals surface area contributed by atoms with Crippen molar-refractivity contribution in [3.8, 4) is 0 Å². The van der Waals surface area contributed by atoms with E-state index in [1.165, 1.54) is 43.4 Å². The summed E-state index contributed by atoms with van der Waals surface area (Å²) >= 11 is 0. The van der Waals surface area contributed by atoms with Crippen molar-refractivity contribution in [2.24, 2.45) is 11.8 Å². The lowest BCUT2D eigenvalue weighted by atomic mass is 9.75. The van der Waals surface area contributed by atoms with Crippen LogP contribution in [0.2, 0.25) is 0 Å². The zero-order chi connectivity index (χ0) is 27.0. The molecule has 1 aliphatic heterocycles. The normalized spacial score (nSPS) is 25.9. The molecule has 1 saturated heterocycles. The number of aryl methyl sites for hydroxylation is 2. The van der Waals surface area contributed by atoms with Crippen molar-refractivity contribution in [2.75, 3.05) is 26.7 Å². The van der Waals surface area contributed by atoms with Crippen LogP contribution >= 0.6 is 0 Å².